The Balaban J connectivity index is 1.96. The summed E-state index contributed by atoms with van der Waals surface area (Å²) in [7, 11) is -10.3. The normalized spacial score (nSPS) is 29.0. The van der Waals surface area contributed by atoms with Crippen LogP contribution >= 0.6 is 10.2 Å². The maximum absolute atomic E-state index is 13.8. The van der Waals surface area contributed by atoms with Crippen LogP contribution in [0.1, 0.15) is 5.56 Å². The van der Waals surface area contributed by atoms with E-state index in [4.69, 9.17) is 9.57 Å². The van der Waals surface area contributed by atoms with Gasteiger partial charge in [-0.2, -0.15) is 10.3 Å². The van der Waals surface area contributed by atoms with Crippen LogP contribution in [0.2, 0.25) is 0 Å². The van der Waals surface area contributed by atoms with E-state index in [0.29, 0.717) is 10.6 Å². The Morgan fingerprint density at radius 3 is 2.29 bits per heavy atom. The molecule has 6 nitrogen and oxygen atoms in total. The number of nitrogens with zero attached hydrogens (tertiary/aromatic N) is 3. The summed E-state index contributed by atoms with van der Waals surface area (Å²) in [5, 5.41) is 6.26. The Morgan fingerprint density at radius 1 is 1.14 bits per heavy atom. The highest BCUT2D eigenvalue weighted by Gasteiger charge is 2.78. The molecular weight excluding hydrogens is 409 g/mol. The molecule has 1 unspecified atom stereocenters. The van der Waals surface area contributed by atoms with Crippen LogP contribution in [-0.4, -0.2) is 59.6 Å². The van der Waals surface area contributed by atoms with Crippen molar-refractivity contribution in [1.82, 2.24) is 9.96 Å². The van der Waals surface area contributed by atoms with Crippen molar-refractivity contribution in [2.75, 3.05) is 26.3 Å². The average Bonchev–Trinajstić information content (AvgIpc) is 3.01. The monoisotopic (exact) mass is 427 g/mol. The van der Waals surface area contributed by atoms with E-state index in [1.807, 2.05) is 0 Å². The largest absolute Gasteiger partial charge is 0.378 e. The molecule has 12 heteroatoms. The lowest BCUT2D eigenvalue weighted by Gasteiger charge is -2.47. The zero-order chi connectivity index (χ0) is 20.6. The Bertz CT molecular complexity index is 781. The fraction of sp³-hybridized carbons (Fsp3) is 0.500. The van der Waals surface area contributed by atoms with E-state index in [-0.39, 0.29) is 32.8 Å². The van der Waals surface area contributed by atoms with Gasteiger partial charge in [-0.3, -0.25) is 9.63 Å². The molecule has 0 aliphatic carbocycles. The number of halogens is 5. The summed E-state index contributed by atoms with van der Waals surface area (Å²) in [5.41, 5.74) is 0.447. The van der Waals surface area contributed by atoms with E-state index in [0.717, 1.165) is 4.90 Å². The minimum atomic E-state index is -10.3. The molecule has 2 fully saturated rings. The van der Waals surface area contributed by atoms with E-state index in [1.165, 1.54) is 6.07 Å². The van der Waals surface area contributed by atoms with E-state index >= 15 is 0 Å². The van der Waals surface area contributed by atoms with Gasteiger partial charge in [0.2, 0.25) is 0 Å². The number of hydrogen-bond acceptors (Lipinski definition) is 5. The van der Waals surface area contributed by atoms with Gasteiger partial charge in [-0.05, 0) is 5.56 Å². The number of hydroxylamine groups is 2. The molecule has 2 aliphatic rings. The quantitative estimate of drug-likeness (QED) is 0.691. The second-order valence-corrected chi connectivity index (χ2v) is 9.19. The van der Waals surface area contributed by atoms with Crippen LogP contribution in [0.3, 0.4) is 0 Å². The summed E-state index contributed by atoms with van der Waals surface area (Å²) < 4.78 is 74.0. The van der Waals surface area contributed by atoms with Crippen molar-refractivity contribution in [2.24, 2.45) is 0 Å². The van der Waals surface area contributed by atoms with Crippen molar-refractivity contribution >= 4 is 16.1 Å². The van der Waals surface area contributed by atoms with Crippen LogP contribution in [0, 0.1) is 11.3 Å². The smallest absolute Gasteiger partial charge is 0.293 e. The summed E-state index contributed by atoms with van der Waals surface area (Å²) in [6.45, 7) is -0.274. The number of morpholine rings is 1. The number of hydrogen-bond donors (Lipinski definition) is 0. The number of amides is 1. The third kappa shape index (κ3) is 4.38. The van der Waals surface area contributed by atoms with Crippen LogP contribution in [0.25, 0.3) is 0 Å². The highest BCUT2D eigenvalue weighted by atomic mass is 32.5. The first-order valence-corrected chi connectivity index (χ1v) is 10.4. The van der Waals surface area contributed by atoms with Gasteiger partial charge in [-0.1, -0.05) is 49.8 Å². The van der Waals surface area contributed by atoms with Gasteiger partial charge in [0.05, 0.1) is 25.8 Å². The number of benzene rings is 1. The Morgan fingerprint density at radius 2 is 1.75 bits per heavy atom. The Kier molecular flexibility index (Phi) is 4.86. The fourth-order valence-electron chi connectivity index (χ4n) is 3.26. The second-order valence-electron chi connectivity index (χ2n) is 6.59. The van der Waals surface area contributed by atoms with Gasteiger partial charge in [-0.25, -0.2) is 0 Å². The SMILES string of the molecule is N#CC1[C@@H](S(F)(F)(F)(F)F)[C@H](C(=O)N2CCOCC2)ON1Cc1ccccc1. The molecule has 1 amide bonds. The summed E-state index contributed by atoms with van der Waals surface area (Å²) in [4.78, 5) is 18.6. The molecule has 0 saturated carbocycles. The number of nitriles is 1. The maximum Gasteiger partial charge on any atom is 0.293 e. The maximum atomic E-state index is 13.8. The minimum Gasteiger partial charge on any atom is -0.378 e. The highest BCUT2D eigenvalue weighted by molar-refractivity contribution is 8.46. The zero-order valence-corrected chi connectivity index (χ0v) is 15.3. The number of rotatable bonds is 4. The van der Waals surface area contributed by atoms with Crippen molar-refractivity contribution in [3.63, 3.8) is 0 Å². The molecule has 3 rings (SSSR count). The van der Waals surface area contributed by atoms with Gasteiger partial charge in [0, 0.05) is 13.1 Å². The van der Waals surface area contributed by atoms with Gasteiger partial charge in [-0.15, -0.1) is 0 Å². The predicted octanol–water partition coefficient (Wildman–Crippen LogP) is 3.22. The molecular formula is C16H18F5N3O3S. The molecule has 2 saturated heterocycles. The summed E-state index contributed by atoms with van der Waals surface area (Å²) in [5.74, 6) is -1.22. The molecule has 0 aromatic heterocycles. The van der Waals surface area contributed by atoms with Gasteiger partial charge >= 0.3 is 0 Å². The molecule has 0 radical (unpaired) electrons. The van der Waals surface area contributed by atoms with Crippen molar-refractivity contribution in [3.05, 3.63) is 35.9 Å². The van der Waals surface area contributed by atoms with Crippen LogP contribution < -0.4 is 0 Å². The predicted molar refractivity (Wildman–Crippen MR) is 90.6 cm³/mol. The van der Waals surface area contributed by atoms with E-state index in [9.17, 15) is 29.5 Å². The summed E-state index contributed by atoms with van der Waals surface area (Å²) >= 11 is 0. The average molecular weight is 427 g/mol. The highest BCUT2D eigenvalue weighted by Crippen LogP contribution is 3.01. The molecule has 1 aromatic rings. The standard InChI is InChI=1S/C16H18F5N3O3S/c17-28(18,19,20,21)15-13(10-22)24(11-12-4-2-1-3-5-12)27-14(15)16(25)23-6-8-26-9-7-23/h1-5,13-15H,6-9,11H2/t13?,14-,15-/m1/s1. The Hall–Kier alpha value is -1.94. The summed E-state index contributed by atoms with van der Waals surface area (Å²) in [6.07, 6.45) is -2.52. The van der Waals surface area contributed by atoms with E-state index in [1.54, 1.807) is 30.3 Å². The number of carbonyl (C=O) groups excluding carboxylic acids is 1. The zero-order valence-electron chi connectivity index (χ0n) is 14.5. The molecule has 28 heavy (non-hydrogen) atoms. The Labute approximate surface area is 158 Å². The lowest BCUT2D eigenvalue weighted by molar-refractivity contribution is -0.182. The van der Waals surface area contributed by atoms with Crippen molar-refractivity contribution in [3.8, 4) is 6.07 Å². The van der Waals surface area contributed by atoms with Gasteiger partial charge in [0.25, 0.3) is 16.1 Å². The molecule has 1 aromatic carbocycles. The fourth-order valence-corrected chi connectivity index (χ4v) is 4.58. The van der Waals surface area contributed by atoms with Gasteiger partial charge < -0.3 is 9.64 Å². The number of ether oxygens (including phenoxy) is 1. The molecule has 3 atom stereocenters. The van der Waals surface area contributed by atoms with Crippen LogP contribution in [0.5, 0.6) is 0 Å². The molecule has 2 heterocycles. The van der Waals surface area contributed by atoms with Crippen LogP contribution in [0.4, 0.5) is 19.4 Å². The van der Waals surface area contributed by atoms with Crippen molar-refractivity contribution in [2.45, 2.75) is 23.9 Å². The lowest BCUT2D eigenvalue weighted by atomic mass is 10.1. The molecule has 0 spiro atoms. The molecule has 156 valence electrons. The third-order valence-corrected chi connectivity index (χ3v) is 6.10. The first-order valence-electron chi connectivity index (χ1n) is 8.37. The first-order chi connectivity index (χ1) is 12.9. The van der Waals surface area contributed by atoms with Gasteiger partial charge in [0.1, 0.15) is 6.04 Å². The topological polar surface area (TPSA) is 65.8 Å². The van der Waals surface area contributed by atoms with E-state index < -0.39 is 33.5 Å². The van der Waals surface area contributed by atoms with E-state index in [2.05, 4.69) is 0 Å². The van der Waals surface area contributed by atoms with Crippen molar-refractivity contribution < 1.29 is 33.8 Å². The molecule has 0 N–H and O–H groups in total. The second kappa shape index (κ2) is 6.55. The molecule has 0 bridgehead atoms. The summed E-state index contributed by atoms with van der Waals surface area (Å²) in [6, 6.07) is 6.87. The minimum absolute atomic E-state index is 0.0400. The van der Waals surface area contributed by atoms with Crippen molar-refractivity contribution in [1.29, 1.82) is 5.26 Å². The lowest BCUT2D eigenvalue weighted by Crippen LogP contribution is -2.52. The van der Waals surface area contributed by atoms with Crippen LogP contribution in [0.15, 0.2) is 30.3 Å². The molecule has 2 aliphatic heterocycles. The van der Waals surface area contributed by atoms with Gasteiger partial charge in [0.15, 0.2) is 11.4 Å². The number of carbonyl (C=O) groups is 1. The van der Waals surface area contributed by atoms with Crippen LogP contribution in [-0.2, 0) is 20.9 Å². The third-order valence-electron chi connectivity index (χ3n) is 4.56. The first kappa shape index (κ1) is 20.8.